The van der Waals surface area contributed by atoms with Crippen LogP contribution in [0.5, 0.6) is 0 Å². The SMILES string of the molecule is Cc1nc(NC(=O)N2c3nc(C(=O)N[C@H](C)C(F)(F)F)ccc3N3CCC2C3)ccc1F. The van der Waals surface area contributed by atoms with Gasteiger partial charge in [-0.3, -0.25) is 15.0 Å². The van der Waals surface area contributed by atoms with E-state index in [4.69, 9.17) is 0 Å². The van der Waals surface area contributed by atoms with E-state index in [0.29, 0.717) is 25.2 Å². The van der Waals surface area contributed by atoms with Crippen molar-refractivity contribution in [1.82, 2.24) is 15.3 Å². The molecule has 2 bridgehead atoms. The van der Waals surface area contributed by atoms with E-state index >= 15 is 0 Å². The monoisotopic (exact) mass is 452 g/mol. The lowest BCUT2D eigenvalue weighted by molar-refractivity contribution is -0.149. The zero-order chi connectivity index (χ0) is 23.2. The predicted molar refractivity (Wildman–Crippen MR) is 108 cm³/mol. The number of aryl methyl sites for hydroxylation is 1. The second-order valence-corrected chi connectivity index (χ2v) is 7.73. The Morgan fingerprint density at radius 1 is 1.19 bits per heavy atom. The second kappa shape index (κ2) is 7.92. The summed E-state index contributed by atoms with van der Waals surface area (Å²) in [6.07, 6.45) is -3.95. The number of hydrogen-bond donors (Lipinski definition) is 2. The third-order valence-electron chi connectivity index (χ3n) is 5.50. The average molecular weight is 452 g/mol. The topological polar surface area (TPSA) is 90.5 Å². The molecule has 170 valence electrons. The number of amides is 3. The van der Waals surface area contributed by atoms with E-state index in [0.717, 1.165) is 6.92 Å². The van der Waals surface area contributed by atoms with Gasteiger partial charge >= 0.3 is 12.2 Å². The van der Waals surface area contributed by atoms with Crippen LogP contribution >= 0.6 is 0 Å². The van der Waals surface area contributed by atoms with E-state index < -0.39 is 30.0 Å². The lowest BCUT2D eigenvalue weighted by atomic mass is 10.1. The van der Waals surface area contributed by atoms with Gasteiger partial charge in [0.25, 0.3) is 5.91 Å². The molecular weight excluding hydrogens is 432 g/mol. The predicted octanol–water partition coefficient (Wildman–Crippen LogP) is 3.24. The van der Waals surface area contributed by atoms with E-state index in [-0.39, 0.29) is 29.1 Å². The Kier molecular flexibility index (Phi) is 5.39. The number of carbonyl (C=O) groups excluding carboxylic acids is 2. The lowest BCUT2D eigenvalue weighted by Crippen LogP contribution is -2.49. The number of pyridine rings is 2. The number of nitrogens with zero attached hydrogens (tertiary/aromatic N) is 4. The molecule has 0 aliphatic carbocycles. The minimum absolute atomic E-state index is 0.116. The molecule has 3 amide bonds. The molecule has 8 nitrogen and oxygen atoms in total. The molecule has 2 aliphatic heterocycles. The molecule has 4 heterocycles. The van der Waals surface area contributed by atoms with Crippen molar-refractivity contribution < 1.29 is 27.2 Å². The number of halogens is 4. The van der Waals surface area contributed by atoms with Crippen LogP contribution in [0.2, 0.25) is 0 Å². The van der Waals surface area contributed by atoms with Gasteiger partial charge in [-0.05, 0) is 44.5 Å². The van der Waals surface area contributed by atoms with Gasteiger partial charge in [0.2, 0.25) is 0 Å². The number of fused-ring (bicyclic) bond motifs is 4. The van der Waals surface area contributed by atoms with E-state index in [9.17, 15) is 27.2 Å². The fourth-order valence-electron chi connectivity index (χ4n) is 3.73. The largest absolute Gasteiger partial charge is 0.408 e. The summed E-state index contributed by atoms with van der Waals surface area (Å²) < 4.78 is 51.9. The summed E-state index contributed by atoms with van der Waals surface area (Å²) in [4.78, 5) is 37.0. The fraction of sp³-hybridized carbons (Fsp3) is 0.400. The first-order chi connectivity index (χ1) is 15.0. The smallest absolute Gasteiger partial charge is 0.366 e. The van der Waals surface area contributed by atoms with Crippen molar-refractivity contribution in [2.24, 2.45) is 0 Å². The molecular formula is C20H20F4N6O2. The summed E-state index contributed by atoms with van der Waals surface area (Å²) in [5, 5.41) is 4.48. The van der Waals surface area contributed by atoms with Crippen LogP contribution in [0, 0.1) is 12.7 Å². The highest BCUT2D eigenvalue weighted by Crippen LogP contribution is 2.39. The van der Waals surface area contributed by atoms with Gasteiger partial charge in [0.05, 0.1) is 17.4 Å². The summed E-state index contributed by atoms with van der Waals surface area (Å²) in [6, 6.07) is 2.52. The molecule has 2 N–H and O–H groups in total. The van der Waals surface area contributed by atoms with Gasteiger partial charge in [-0.2, -0.15) is 13.2 Å². The van der Waals surface area contributed by atoms with Gasteiger partial charge in [-0.15, -0.1) is 0 Å². The fourth-order valence-corrected chi connectivity index (χ4v) is 3.73. The number of carbonyl (C=O) groups is 2. The number of urea groups is 1. The van der Waals surface area contributed by atoms with Crippen molar-refractivity contribution in [1.29, 1.82) is 0 Å². The first-order valence-electron chi connectivity index (χ1n) is 9.91. The maximum atomic E-state index is 13.5. The van der Waals surface area contributed by atoms with Crippen LogP contribution in [0.4, 0.5) is 39.7 Å². The molecule has 12 heteroatoms. The summed E-state index contributed by atoms with van der Waals surface area (Å²) in [6.45, 7) is 3.51. The van der Waals surface area contributed by atoms with Crippen LogP contribution < -0.4 is 20.4 Å². The molecule has 2 aromatic rings. The van der Waals surface area contributed by atoms with Crippen molar-refractivity contribution in [2.45, 2.75) is 38.5 Å². The van der Waals surface area contributed by atoms with E-state index in [2.05, 4.69) is 15.3 Å². The molecule has 0 radical (unpaired) electrons. The molecule has 0 saturated carbocycles. The summed E-state index contributed by atoms with van der Waals surface area (Å²) in [5.41, 5.74) is 0.471. The van der Waals surface area contributed by atoms with Gasteiger partial charge in [0, 0.05) is 13.1 Å². The van der Waals surface area contributed by atoms with Crippen LogP contribution in [-0.2, 0) is 0 Å². The van der Waals surface area contributed by atoms with E-state index in [1.165, 1.54) is 30.0 Å². The summed E-state index contributed by atoms with van der Waals surface area (Å²) >= 11 is 0. The molecule has 2 atom stereocenters. The normalized spacial score (nSPS) is 18.2. The highest BCUT2D eigenvalue weighted by molar-refractivity contribution is 6.05. The molecule has 0 aromatic carbocycles. The molecule has 2 aliphatic rings. The number of hydrogen-bond acceptors (Lipinski definition) is 5. The van der Waals surface area contributed by atoms with Gasteiger partial charge in [-0.1, -0.05) is 0 Å². The second-order valence-electron chi connectivity index (χ2n) is 7.73. The molecule has 32 heavy (non-hydrogen) atoms. The average Bonchev–Trinajstić information content (AvgIpc) is 3.14. The van der Waals surface area contributed by atoms with Crippen molar-refractivity contribution >= 4 is 29.3 Å². The van der Waals surface area contributed by atoms with Crippen LogP contribution in [0.25, 0.3) is 0 Å². The van der Waals surface area contributed by atoms with Crippen molar-refractivity contribution in [3.05, 3.63) is 41.5 Å². The molecule has 1 saturated heterocycles. The number of nitrogens with one attached hydrogen (secondary N) is 2. The van der Waals surface area contributed by atoms with Gasteiger partial charge in [0.15, 0.2) is 5.82 Å². The molecule has 1 fully saturated rings. The molecule has 1 unspecified atom stereocenters. The van der Waals surface area contributed by atoms with Gasteiger partial charge in [-0.25, -0.2) is 19.2 Å². The zero-order valence-corrected chi connectivity index (χ0v) is 17.2. The highest BCUT2D eigenvalue weighted by atomic mass is 19.4. The first kappa shape index (κ1) is 21.8. The van der Waals surface area contributed by atoms with Crippen LogP contribution in [0.15, 0.2) is 24.3 Å². The number of anilines is 3. The first-order valence-corrected chi connectivity index (χ1v) is 9.91. The minimum atomic E-state index is -4.60. The standard InChI is InChI=1S/C20H20F4N6O2/c1-10-13(21)3-6-16(25-10)28-19(32)30-12-7-8-29(9-12)15-5-4-14(27-17(15)30)18(31)26-11(2)20(22,23)24/h3-6,11-12H,7-9H2,1-2H3,(H,26,31)(H,25,28,32)/t11-,12?/m1/s1. The van der Waals surface area contributed by atoms with E-state index in [1.807, 2.05) is 10.2 Å². The third kappa shape index (κ3) is 4.04. The Balaban J connectivity index is 1.63. The number of alkyl halides is 3. The third-order valence-corrected chi connectivity index (χ3v) is 5.50. The zero-order valence-electron chi connectivity index (χ0n) is 17.2. The maximum absolute atomic E-state index is 13.5. The Labute approximate surface area is 180 Å². The highest BCUT2D eigenvalue weighted by Gasteiger charge is 2.41. The Hall–Kier alpha value is -3.44. The van der Waals surface area contributed by atoms with Crippen molar-refractivity contribution in [3.63, 3.8) is 0 Å². The summed E-state index contributed by atoms with van der Waals surface area (Å²) in [5.74, 6) is -1.20. The lowest BCUT2D eigenvalue weighted by Gasteiger charge is -2.35. The maximum Gasteiger partial charge on any atom is 0.408 e. The van der Waals surface area contributed by atoms with Crippen molar-refractivity contribution in [3.8, 4) is 0 Å². The molecule has 0 spiro atoms. The van der Waals surface area contributed by atoms with Crippen LogP contribution in [-0.4, -0.2) is 53.3 Å². The molecule has 2 aromatic heterocycles. The Morgan fingerprint density at radius 3 is 2.62 bits per heavy atom. The van der Waals surface area contributed by atoms with Crippen LogP contribution in [0.3, 0.4) is 0 Å². The molecule has 4 rings (SSSR count). The minimum Gasteiger partial charge on any atom is -0.366 e. The number of aromatic nitrogens is 2. The number of rotatable bonds is 3. The van der Waals surface area contributed by atoms with Gasteiger partial charge < -0.3 is 10.2 Å². The van der Waals surface area contributed by atoms with E-state index in [1.54, 1.807) is 6.07 Å². The Bertz CT molecular complexity index is 1080. The van der Waals surface area contributed by atoms with Crippen molar-refractivity contribution in [2.75, 3.05) is 28.2 Å². The quantitative estimate of drug-likeness (QED) is 0.698. The Morgan fingerprint density at radius 2 is 1.94 bits per heavy atom. The van der Waals surface area contributed by atoms with Crippen LogP contribution in [0.1, 0.15) is 29.5 Å². The summed E-state index contributed by atoms with van der Waals surface area (Å²) in [7, 11) is 0. The van der Waals surface area contributed by atoms with Gasteiger partial charge in [0.1, 0.15) is 23.4 Å².